The first-order chi connectivity index (χ1) is 7.45. The largest absolute Gasteiger partial charge is 0.506 e. The van der Waals surface area contributed by atoms with Crippen molar-refractivity contribution < 1.29 is 5.11 Å². The van der Waals surface area contributed by atoms with E-state index in [1.807, 2.05) is 26.0 Å². The van der Waals surface area contributed by atoms with Crippen molar-refractivity contribution in [3.05, 3.63) is 39.8 Å². The number of nitrogens with one attached hydrogen (secondary N) is 1. The molecule has 0 aliphatic rings. The van der Waals surface area contributed by atoms with E-state index in [0.717, 1.165) is 10.0 Å². The molecule has 0 saturated carbocycles. The van der Waals surface area contributed by atoms with Crippen molar-refractivity contribution in [1.82, 2.24) is 5.32 Å². The van der Waals surface area contributed by atoms with E-state index in [9.17, 15) is 5.11 Å². The Balaban J connectivity index is 2.98. The molecule has 2 unspecified atom stereocenters. The Kier molecular flexibility index (Phi) is 4.84. The molecule has 0 saturated heterocycles. The Morgan fingerprint density at radius 3 is 2.69 bits per heavy atom. The smallest absolute Gasteiger partial charge is 0.139 e. The zero-order valence-corrected chi connectivity index (χ0v) is 11.6. The Morgan fingerprint density at radius 1 is 1.50 bits per heavy atom. The van der Waals surface area contributed by atoms with Gasteiger partial charge in [0, 0.05) is 22.1 Å². The molecule has 2 N–H and O–H groups in total. The van der Waals surface area contributed by atoms with Crippen LogP contribution in [0.1, 0.15) is 25.5 Å². The topological polar surface area (TPSA) is 32.3 Å². The predicted octanol–water partition coefficient (Wildman–Crippen LogP) is 4.03. The lowest BCUT2D eigenvalue weighted by molar-refractivity contribution is 0.448. The third-order valence-corrected chi connectivity index (χ3v) is 3.14. The molecule has 0 aliphatic carbocycles. The molecule has 4 heteroatoms. The molecule has 0 aliphatic heterocycles. The average molecular weight is 305 g/mol. The number of aromatic hydroxyl groups is 1. The fraction of sp³-hybridized carbons (Fsp3) is 0.333. The number of hydrogen-bond donors (Lipinski definition) is 2. The van der Waals surface area contributed by atoms with E-state index in [1.165, 1.54) is 0 Å². The van der Waals surface area contributed by atoms with Crippen LogP contribution in [0.4, 0.5) is 0 Å². The minimum Gasteiger partial charge on any atom is -0.506 e. The van der Waals surface area contributed by atoms with Crippen LogP contribution in [0.3, 0.4) is 0 Å². The van der Waals surface area contributed by atoms with Crippen molar-refractivity contribution in [3.8, 4) is 5.75 Å². The second kappa shape index (κ2) is 5.71. The van der Waals surface area contributed by atoms with Crippen molar-refractivity contribution in [3.63, 3.8) is 0 Å². The third-order valence-electron chi connectivity index (χ3n) is 2.39. The maximum atomic E-state index is 9.86. The summed E-state index contributed by atoms with van der Waals surface area (Å²) in [6, 6.07) is 3.70. The monoisotopic (exact) mass is 303 g/mol. The van der Waals surface area contributed by atoms with Crippen molar-refractivity contribution in [1.29, 1.82) is 0 Å². The molecule has 1 aromatic carbocycles. The van der Waals surface area contributed by atoms with Crippen LogP contribution in [0.25, 0.3) is 0 Å². The minimum absolute atomic E-state index is 0.00278. The summed E-state index contributed by atoms with van der Waals surface area (Å²) in [6.07, 6.45) is 1.81. The van der Waals surface area contributed by atoms with Gasteiger partial charge in [0.2, 0.25) is 0 Å². The molecule has 2 atom stereocenters. The Labute approximate surface area is 109 Å². The summed E-state index contributed by atoms with van der Waals surface area (Å²) in [4.78, 5) is 0. The summed E-state index contributed by atoms with van der Waals surface area (Å²) >= 11 is 9.26. The molecule has 16 heavy (non-hydrogen) atoms. The van der Waals surface area contributed by atoms with E-state index >= 15 is 0 Å². The van der Waals surface area contributed by atoms with Crippen LogP contribution < -0.4 is 5.32 Å². The average Bonchev–Trinajstić information content (AvgIpc) is 2.22. The summed E-state index contributed by atoms with van der Waals surface area (Å²) in [5.74, 6) is 0.126. The van der Waals surface area contributed by atoms with Crippen molar-refractivity contribution in [2.45, 2.75) is 25.9 Å². The number of benzene rings is 1. The fourth-order valence-electron chi connectivity index (χ4n) is 1.47. The maximum absolute atomic E-state index is 9.86. The van der Waals surface area contributed by atoms with Gasteiger partial charge in [-0.2, -0.15) is 0 Å². The van der Waals surface area contributed by atoms with Gasteiger partial charge in [0.25, 0.3) is 0 Å². The van der Waals surface area contributed by atoms with Gasteiger partial charge in [-0.15, -0.1) is 6.58 Å². The van der Waals surface area contributed by atoms with Gasteiger partial charge >= 0.3 is 0 Å². The first-order valence-corrected chi connectivity index (χ1v) is 6.19. The Hall–Kier alpha value is -0.510. The van der Waals surface area contributed by atoms with Gasteiger partial charge in [-0.3, -0.25) is 0 Å². The molecule has 0 bridgehead atoms. The zero-order chi connectivity index (χ0) is 12.3. The zero-order valence-electron chi connectivity index (χ0n) is 9.30. The molecule has 88 valence electrons. The number of hydrogen-bond acceptors (Lipinski definition) is 2. The number of phenolic OH excluding ortho intramolecular Hbond substituents is 1. The summed E-state index contributed by atoms with van der Waals surface area (Å²) in [7, 11) is 0. The van der Waals surface area contributed by atoms with Gasteiger partial charge in [-0.1, -0.05) is 33.6 Å². The molecule has 2 nitrogen and oxygen atoms in total. The highest BCUT2D eigenvalue weighted by molar-refractivity contribution is 9.10. The summed E-state index contributed by atoms with van der Waals surface area (Å²) in [5.41, 5.74) is 0.771. The standard InChI is InChI=1S/C12H15BrClNO/c1-4-7(2)15-8(3)10-5-9(13)6-11(14)12(10)16/h4-8,15-16H,1H2,2-3H3. The lowest BCUT2D eigenvalue weighted by Crippen LogP contribution is -2.27. The molecule has 0 spiro atoms. The highest BCUT2D eigenvalue weighted by Gasteiger charge is 2.14. The molecule has 1 rings (SSSR count). The maximum Gasteiger partial charge on any atom is 0.139 e. The number of halogens is 2. The van der Waals surface area contributed by atoms with Crippen molar-refractivity contribution in [2.75, 3.05) is 0 Å². The highest BCUT2D eigenvalue weighted by Crippen LogP contribution is 2.34. The Morgan fingerprint density at radius 2 is 2.12 bits per heavy atom. The second-order valence-electron chi connectivity index (χ2n) is 3.74. The van der Waals surface area contributed by atoms with E-state index in [0.29, 0.717) is 5.02 Å². The quantitative estimate of drug-likeness (QED) is 0.823. The first-order valence-electron chi connectivity index (χ1n) is 5.02. The fourth-order valence-corrected chi connectivity index (χ4v) is 2.30. The van der Waals surface area contributed by atoms with Crippen LogP contribution in [0, 0.1) is 0 Å². The van der Waals surface area contributed by atoms with Crippen molar-refractivity contribution in [2.24, 2.45) is 0 Å². The van der Waals surface area contributed by atoms with Crippen LogP contribution >= 0.6 is 27.5 Å². The van der Waals surface area contributed by atoms with Gasteiger partial charge in [-0.25, -0.2) is 0 Å². The molecule has 0 aromatic heterocycles. The Bertz CT molecular complexity index is 395. The second-order valence-corrected chi connectivity index (χ2v) is 5.06. The predicted molar refractivity (Wildman–Crippen MR) is 72.0 cm³/mol. The van der Waals surface area contributed by atoms with Crippen molar-refractivity contribution >= 4 is 27.5 Å². The third kappa shape index (κ3) is 3.24. The van der Waals surface area contributed by atoms with Crippen LogP contribution in [0.5, 0.6) is 5.75 Å². The van der Waals surface area contributed by atoms with Gasteiger partial charge in [0.15, 0.2) is 0 Å². The van der Waals surface area contributed by atoms with E-state index in [4.69, 9.17) is 11.6 Å². The van der Waals surface area contributed by atoms with E-state index in [2.05, 4.69) is 27.8 Å². The van der Waals surface area contributed by atoms with E-state index < -0.39 is 0 Å². The summed E-state index contributed by atoms with van der Waals surface area (Å²) in [5, 5.41) is 13.5. The van der Waals surface area contributed by atoms with Gasteiger partial charge in [0.1, 0.15) is 5.75 Å². The molecular formula is C12H15BrClNO. The van der Waals surface area contributed by atoms with E-state index in [-0.39, 0.29) is 17.8 Å². The summed E-state index contributed by atoms with van der Waals surface area (Å²) in [6.45, 7) is 7.67. The van der Waals surface area contributed by atoms with Crippen LogP contribution in [0.2, 0.25) is 5.02 Å². The van der Waals surface area contributed by atoms with E-state index in [1.54, 1.807) is 6.07 Å². The lowest BCUT2D eigenvalue weighted by Gasteiger charge is -2.19. The highest BCUT2D eigenvalue weighted by atomic mass is 79.9. The molecule has 0 heterocycles. The summed E-state index contributed by atoms with van der Waals surface area (Å²) < 4.78 is 0.852. The van der Waals surface area contributed by atoms with Crippen LogP contribution in [-0.4, -0.2) is 11.1 Å². The van der Waals surface area contributed by atoms with Crippen LogP contribution in [-0.2, 0) is 0 Å². The molecule has 0 amide bonds. The molecule has 1 aromatic rings. The first kappa shape index (κ1) is 13.6. The van der Waals surface area contributed by atoms with Gasteiger partial charge < -0.3 is 10.4 Å². The number of rotatable bonds is 4. The van der Waals surface area contributed by atoms with Crippen LogP contribution in [0.15, 0.2) is 29.3 Å². The number of phenols is 1. The SMILES string of the molecule is C=CC(C)NC(C)c1cc(Br)cc(Cl)c1O. The normalized spacial score (nSPS) is 14.5. The molecule has 0 fully saturated rings. The minimum atomic E-state index is 0.00278. The molecular weight excluding hydrogens is 289 g/mol. The van der Waals surface area contributed by atoms with Gasteiger partial charge in [-0.05, 0) is 26.0 Å². The lowest BCUT2D eigenvalue weighted by atomic mass is 10.1. The molecule has 0 radical (unpaired) electrons. The van der Waals surface area contributed by atoms with Gasteiger partial charge in [0.05, 0.1) is 5.02 Å².